The van der Waals surface area contributed by atoms with E-state index in [1.165, 1.54) is 0 Å². The molecule has 3 aromatic carbocycles. The van der Waals surface area contributed by atoms with Crippen molar-refractivity contribution in [2.45, 2.75) is 0 Å². The zero-order valence-corrected chi connectivity index (χ0v) is 18.2. The number of carbonyl (C=O) groups is 1. The summed E-state index contributed by atoms with van der Waals surface area (Å²) in [5.41, 5.74) is 3.22. The molecular formula is C20H11BrClIN2O2. The maximum atomic E-state index is 12.4. The fourth-order valence-electron chi connectivity index (χ4n) is 2.63. The van der Waals surface area contributed by atoms with Gasteiger partial charge in [-0.3, -0.25) is 4.79 Å². The van der Waals surface area contributed by atoms with E-state index in [2.05, 4.69) is 48.8 Å². The van der Waals surface area contributed by atoms with Crippen LogP contribution in [0.3, 0.4) is 0 Å². The van der Waals surface area contributed by atoms with E-state index in [-0.39, 0.29) is 5.91 Å². The van der Waals surface area contributed by atoms with Gasteiger partial charge in [0.1, 0.15) is 5.52 Å². The van der Waals surface area contributed by atoms with E-state index in [0.29, 0.717) is 33.3 Å². The van der Waals surface area contributed by atoms with Gasteiger partial charge >= 0.3 is 0 Å². The molecule has 4 aromatic rings. The van der Waals surface area contributed by atoms with Gasteiger partial charge in [-0.2, -0.15) is 0 Å². The molecule has 27 heavy (non-hydrogen) atoms. The summed E-state index contributed by atoms with van der Waals surface area (Å²) in [4.78, 5) is 17.0. The molecule has 4 nitrogen and oxygen atoms in total. The monoisotopic (exact) mass is 552 g/mol. The molecule has 0 aliphatic heterocycles. The topological polar surface area (TPSA) is 55.1 Å². The van der Waals surface area contributed by atoms with E-state index in [1.807, 2.05) is 18.2 Å². The van der Waals surface area contributed by atoms with Gasteiger partial charge in [0.05, 0.1) is 16.1 Å². The number of oxazole rings is 1. The van der Waals surface area contributed by atoms with Gasteiger partial charge in [-0.1, -0.05) is 23.7 Å². The maximum absolute atomic E-state index is 12.4. The lowest BCUT2D eigenvalue weighted by atomic mass is 10.2. The first kappa shape index (κ1) is 18.5. The van der Waals surface area contributed by atoms with Gasteiger partial charge in [0, 0.05) is 13.7 Å². The molecule has 0 saturated carbocycles. The molecule has 0 aliphatic rings. The second-order valence-electron chi connectivity index (χ2n) is 5.76. The van der Waals surface area contributed by atoms with Crippen LogP contribution in [0.1, 0.15) is 10.4 Å². The number of aromatic nitrogens is 1. The van der Waals surface area contributed by atoms with Crippen molar-refractivity contribution >= 4 is 72.8 Å². The number of amides is 1. The summed E-state index contributed by atoms with van der Waals surface area (Å²) in [6.07, 6.45) is 0. The van der Waals surface area contributed by atoms with Crippen LogP contribution in [0.4, 0.5) is 5.69 Å². The minimum atomic E-state index is -0.274. The Kier molecular flexibility index (Phi) is 5.21. The van der Waals surface area contributed by atoms with Crippen molar-refractivity contribution in [3.63, 3.8) is 0 Å². The molecule has 0 aliphatic carbocycles. The zero-order chi connectivity index (χ0) is 19.0. The normalized spacial score (nSPS) is 10.9. The molecule has 0 radical (unpaired) electrons. The Morgan fingerprint density at radius 2 is 1.93 bits per heavy atom. The first-order valence-corrected chi connectivity index (χ1v) is 10.2. The number of rotatable bonds is 3. The molecule has 0 saturated heterocycles. The Labute approximate surface area is 182 Å². The molecule has 0 fully saturated rings. The number of fused-ring (bicyclic) bond motifs is 1. The predicted octanol–water partition coefficient (Wildman–Crippen LogP) is 6.77. The van der Waals surface area contributed by atoms with Gasteiger partial charge in [-0.05, 0) is 87.1 Å². The highest BCUT2D eigenvalue weighted by molar-refractivity contribution is 14.1. The fourth-order valence-corrected chi connectivity index (χ4v) is 3.75. The SMILES string of the molecule is O=C(Nc1ccc2oc(-c3cc(I)ccc3Br)nc2c1)c1ccccc1Cl. The number of hydrogen-bond acceptors (Lipinski definition) is 3. The lowest BCUT2D eigenvalue weighted by Crippen LogP contribution is -2.12. The van der Waals surface area contributed by atoms with Crippen molar-refractivity contribution in [3.8, 4) is 11.5 Å². The summed E-state index contributed by atoms with van der Waals surface area (Å²) in [6.45, 7) is 0. The van der Waals surface area contributed by atoms with Crippen LogP contribution >= 0.6 is 50.1 Å². The van der Waals surface area contributed by atoms with Gasteiger partial charge in [0.2, 0.25) is 5.89 Å². The van der Waals surface area contributed by atoms with Crippen molar-refractivity contribution in [3.05, 3.63) is 79.3 Å². The number of nitrogens with zero attached hydrogens (tertiary/aromatic N) is 1. The lowest BCUT2D eigenvalue weighted by Gasteiger charge is -2.06. The third kappa shape index (κ3) is 3.88. The predicted molar refractivity (Wildman–Crippen MR) is 119 cm³/mol. The largest absolute Gasteiger partial charge is 0.436 e. The molecule has 0 unspecified atom stereocenters. The lowest BCUT2D eigenvalue weighted by molar-refractivity contribution is 0.102. The van der Waals surface area contributed by atoms with Crippen molar-refractivity contribution in [2.24, 2.45) is 0 Å². The second kappa shape index (κ2) is 7.61. The van der Waals surface area contributed by atoms with Gasteiger partial charge < -0.3 is 9.73 Å². The Hall–Kier alpha value is -1.90. The van der Waals surface area contributed by atoms with E-state index in [0.717, 1.165) is 13.6 Å². The third-order valence-corrected chi connectivity index (χ3v) is 5.61. The van der Waals surface area contributed by atoms with Gasteiger partial charge in [0.25, 0.3) is 5.91 Å². The summed E-state index contributed by atoms with van der Waals surface area (Å²) >= 11 is 11.9. The number of hydrogen-bond donors (Lipinski definition) is 1. The number of anilines is 1. The van der Waals surface area contributed by atoms with Crippen LogP contribution in [-0.4, -0.2) is 10.9 Å². The molecule has 0 spiro atoms. The van der Waals surface area contributed by atoms with Crippen molar-refractivity contribution in [1.82, 2.24) is 4.98 Å². The molecule has 4 rings (SSSR count). The van der Waals surface area contributed by atoms with Crippen LogP contribution in [0, 0.1) is 3.57 Å². The number of carbonyl (C=O) groups excluding carboxylic acids is 1. The summed E-state index contributed by atoms with van der Waals surface area (Å²) < 4.78 is 7.86. The first-order chi connectivity index (χ1) is 13.0. The molecule has 1 aromatic heterocycles. The quantitative estimate of drug-likeness (QED) is 0.285. The van der Waals surface area contributed by atoms with E-state index in [1.54, 1.807) is 42.5 Å². The van der Waals surface area contributed by atoms with Crippen molar-refractivity contribution in [1.29, 1.82) is 0 Å². The number of nitrogens with one attached hydrogen (secondary N) is 1. The van der Waals surface area contributed by atoms with E-state index >= 15 is 0 Å². The molecule has 1 heterocycles. The Morgan fingerprint density at radius 1 is 1.11 bits per heavy atom. The van der Waals surface area contributed by atoms with E-state index in [4.69, 9.17) is 16.0 Å². The van der Waals surface area contributed by atoms with Gasteiger partial charge in [-0.25, -0.2) is 4.98 Å². The summed E-state index contributed by atoms with van der Waals surface area (Å²) in [7, 11) is 0. The average molecular weight is 554 g/mol. The van der Waals surface area contributed by atoms with Crippen molar-refractivity contribution < 1.29 is 9.21 Å². The Morgan fingerprint density at radius 3 is 2.74 bits per heavy atom. The van der Waals surface area contributed by atoms with Crippen molar-refractivity contribution in [2.75, 3.05) is 5.32 Å². The highest BCUT2D eigenvalue weighted by Crippen LogP contribution is 2.32. The number of benzene rings is 3. The second-order valence-corrected chi connectivity index (χ2v) is 8.27. The molecule has 1 amide bonds. The molecule has 0 bridgehead atoms. The van der Waals surface area contributed by atoms with Crippen LogP contribution in [0.15, 0.2) is 69.6 Å². The Balaban J connectivity index is 1.66. The number of halogens is 3. The first-order valence-electron chi connectivity index (χ1n) is 7.93. The molecule has 0 atom stereocenters. The minimum absolute atomic E-state index is 0.274. The fraction of sp³-hybridized carbons (Fsp3) is 0. The van der Waals surface area contributed by atoms with Crippen LogP contribution in [0.25, 0.3) is 22.6 Å². The highest BCUT2D eigenvalue weighted by Gasteiger charge is 2.14. The molecule has 134 valence electrons. The van der Waals surface area contributed by atoms with E-state index in [9.17, 15) is 4.79 Å². The summed E-state index contributed by atoms with van der Waals surface area (Å²) in [6, 6.07) is 18.2. The van der Waals surface area contributed by atoms with Crippen LogP contribution in [-0.2, 0) is 0 Å². The van der Waals surface area contributed by atoms with Crippen LogP contribution in [0.2, 0.25) is 5.02 Å². The minimum Gasteiger partial charge on any atom is -0.436 e. The molecular weight excluding hydrogens is 542 g/mol. The average Bonchev–Trinajstić information content (AvgIpc) is 3.07. The molecule has 1 N–H and O–H groups in total. The zero-order valence-electron chi connectivity index (χ0n) is 13.7. The third-order valence-electron chi connectivity index (χ3n) is 3.92. The highest BCUT2D eigenvalue weighted by atomic mass is 127. The Bertz CT molecular complexity index is 1180. The summed E-state index contributed by atoms with van der Waals surface area (Å²) in [5.74, 6) is 0.244. The standard InChI is InChI=1S/C20H11BrClIN2O2/c21-15-7-5-11(23)9-14(15)20-25-17-10-12(6-8-18(17)27-20)24-19(26)13-3-1-2-4-16(13)22/h1-10H,(H,24,26). The smallest absolute Gasteiger partial charge is 0.257 e. The van der Waals surface area contributed by atoms with Gasteiger partial charge in [0.15, 0.2) is 5.58 Å². The molecule has 7 heteroatoms. The van der Waals surface area contributed by atoms with Crippen LogP contribution in [0.5, 0.6) is 0 Å². The van der Waals surface area contributed by atoms with E-state index < -0.39 is 0 Å². The van der Waals surface area contributed by atoms with Crippen LogP contribution < -0.4 is 5.32 Å². The maximum Gasteiger partial charge on any atom is 0.257 e. The summed E-state index contributed by atoms with van der Waals surface area (Å²) in [5, 5.41) is 3.25. The van der Waals surface area contributed by atoms with Gasteiger partial charge in [-0.15, -0.1) is 0 Å².